The second-order valence-corrected chi connectivity index (χ2v) is 5.11. The number of H-pyrrole nitrogens is 1. The van der Waals surface area contributed by atoms with Gasteiger partial charge in [0.15, 0.2) is 0 Å². The minimum atomic E-state index is 0.568. The fourth-order valence-corrected chi connectivity index (χ4v) is 1.81. The fourth-order valence-electron chi connectivity index (χ4n) is 1.42. The molecule has 0 amide bonds. The van der Waals surface area contributed by atoms with Gasteiger partial charge in [0, 0.05) is 42.0 Å². The van der Waals surface area contributed by atoms with Crippen LogP contribution >= 0.6 is 15.9 Å². The zero-order valence-corrected chi connectivity index (χ0v) is 11.3. The van der Waals surface area contributed by atoms with E-state index < -0.39 is 0 Å². The molecule has 0 bridgehead atoms. The topological polar surface area (TPSA) is 31.1 Å². The Kier molecular flexibility index (Phi) is 5.36. The van der Waals surface area contributed by atoms with E-state index in [1.54, 1.807) is 0 Å². The highest BCUT2D eigenvalue weighted by Gasteiger charge is 2.02. The minimum Gasteiger partial charge on any atom is -0.363 e. The quantitative estimate of drug-likeness (QED) is 0.833. The molecule has 1 aromatic rings. The van der Waals surface area contributed by atoms with Crippen LogP contribution in [0.2, 0.25) is 0 Å². The third kappa shape index (κ3) is 5.35. The van der Waals surface area contributed by atoms with Crippen molar-refractivity contribution < 1.29 is 0 Å². The number of hydrogen-bond donors (Lipinski definition) is 2. The maximum atomic E-state index is 3.43. The van der Waals surface area contributed by atoms with Crippen LogP contribution in [0.1, 0.15) is 19.5 Å². The molecular formula is C11H20BrN3. The van der Waals surface area contributed by atoms with Crippen molar-refractivity contribution in [3.63, 3.8) is 0 Å². The number of aromatic nitrogens is 1. The number of aromatic amines is 1. The maximum Gasteiger partial charge on any atom is 0.0382 e. The Bertz CT molecular complexity index is 283. The summed E-state index contributed by atoms with van der Waals surface area (Å²) in [6.45, 7) is 7.40. The Morgan fingerprint density at radius 1 is 1.53 bits per heavy atom. The van der Waals surface area contributed by atoms with E-state index in [0.29, 0.717) is 6.04 Å². The maximum absolute atomic E-state index is 3.43. The van der Waals surface area contributed by atoms with Gasteiger partial charge in [-0.2, -0.15) is 0 Å². The van der Waals surface area contributed by atoms with Crippen LogP contribution in [-0.2, 0) is 6.54 Å². The Balaban J connectivity index is 2.21. The normalized spacial score (nSPS) is 11.6. The molecule has 0 aliphatic rings. The summed E-state index contributed by atoms with van der Waals surface area (Å²) in [5.41, 5.74) is 1.24. The number of nitrogens with one attached hydrogen (secondary N) is 2. The van der Waals surface area contributed by atoms with E-state index >= 15 is 0 Å². The molecule has 0 aliphatic carbocycles. The molecule has 1 aromatic heterocycles. The van der Waals surface area contributed by atoms with Crippen LogP contribution in [0.25, 0.3) is 0 Å². The summed E-state index contributed by atoms with van der Waals surface area (Å²) in [5, 5.41) is 3.41. The van der Waals surface area contributed by atoms with Crippen molar-refractivity contribution >= 4 is 15.9 Å². The number of nitrogens with zero attached hydrogens (tertiary/aromatic N) is 1. The standard InChI is InChI=1S/C11H20BrN3/c1-9(2)13-4-5-15(3)8-11-6-10(12)7-14-11/h6-7,9,13-14H,4-5,8H2,1-3H3. The Hall–Kier alpha value is -0.320. The number of likely N-dealkylation sites (N-methyl/N-ethyl adjacent to an activating group) is 1. The fraction of sp³-hybridized carbons (Fsp3) is 0.636. The summed E-state index contributed by atoms with van der Waals surface area (Å²) in [4.78, 5) is 5.53. The summed E-state index contributed by atoms with van der Waals surface area (Å²) in [5.74, 6) is 0. The highest BCUT2D eigenvalue weighted by atomic mass is 79.9. The van der Waals surface area contributed by atoms with Crippen molar-refractivity contribution in [2.24, 2.45) is 0 Å². The predicted octanol–water partition coefficient (Wildman–Crippen LogP) is 2.21. The van der Waals surface area contributed by atoms with Crippen molar-refractivity contribution in [2.75, 3.05) is 20.1 Å². The molecule has 0 spiro atoms. The molecule has 0 radical (unpaired) electrons. The Labute approximate surface area is 100 Å². The summed E-state index contributed by atoms with van der Waals surface area (Å²) in [6.07, 6.45) is 1.97. The van der Waals surface area contributed by atoms with Crippen LogP contribution in [0.15, 0.2) is 16.7 Å². The average Bonchev–Trinajstić information content (AvgIpc) is 2.50. The van der Waals surface area contributed by atoms with Crippen LogP contribution in [0.4, 0.5) is 0 Å². The first-order valence-electron chi connectivity index (χ1n) is 5.32. The van der Waals surface area contributed by atoms with Crippen LogP contribution in [0.5, 0.6) is 0 Å². The van der Waals surface area contributed by atoms with Gasteiger partial charge >= 0.3 is 0 Å². The first-order chi connectivity index (χ1) is 7.08. The summed E-state index contributed by atoms with van der Waals surface area (Å²) < 4.78 is 1.12. The van der Waals surface area contributed by atoms with Gasteiger partial charge in [-0.15, -0.1) is 0 Å². The van der Waals surface area contributed by atoms with E-state index in [9.17, 15) is 0 Å². The molecule has 1 rings (SSSR count). The highest BCUT2D eigenvalue weighted by molar-refractivity contribution is 9.10. The van der Waals surface area contributed by atoms with Crippen LogP contribution < -0.4 is 5.32 Å². The third-order valence-corrected chi connectivity index (χ3v) is 2.65. The van der Waals surface area contributed by atoms with E-state index in [0.717, 1.165) is 24.1 Å². The molecule has 0 saturated heterocycles. The average molecular weight is 274 g/mol. The Morgan fingerprint density at radius 2 is 2.27 bits per heavy atom. The second-order valence-electron chi connectivity index (χ2n) is 4.19. The third-order valence-electron chi connectivity index (χ3n) is 2.19. The minimum absolute atomic E-state index is 0.568. The number of hydrogen-bond acceptors (Lipinski definition) is 2. The van der Waals surface area contributed by atoms with Crippen molar-refractivity contribution in [3.05, 3.63) is 22.4 Å². The predicted molar refractivity (Wildman–Crippen MR) is 68.0 cm³/mol. The van der Waals surface area contributed by atoms with Gasteiger partial charge in [-0.1, -0.05) is 13.8 Å². The van der Waals surface area contributed by atoms with Gasteiger partial charge in [-0.25, -0.2) is 0 Å². The molecule has 2 N–H and O–H groups in total. The Morgan fingerprint density at radius 3 is 2.80 bits per heavy atom. The van der Waals surface area contributed by atoms with Crippen LogP contribution in [0.3, 0.4) is 0 Å². The van der Waals surface area contributed by atoms with Gasteiger partial charge in [0.25, 0.3) is 0 Å². The summed E-state index contributed by atoms with van der Waals surface area (Å²) in [7, 11) is 2.14. The first kappa shape index (κ1) is 12.7. The van der Waals surface area contributed by atoms with E-state index in [2.05, 4.69) is 58.1 Å². The molecule has 0 aliphatic heterocycles. The SMILES string of the molecule is CC(C)NCCN(C)Cc1cc(Br)c[nH]1. The van der Waals surface area contributed by atoms with Crippen molar-refractivity contribution in [1.82, 2.24) is 15.2 Å². The van der Waals surface area contributed by atoms with Gasteiger partial charge < -0.3 is 10.3 Å². The van der Waals surface area contributed by atoms with Gasteiger partial charge in [0.2, 0.25) is 0 Å². The molecule has 1 heterocycles. The molecule has 0 saturated carbocycles. The van der Waals surface area contributed by atoms with Crippen molar-refractivity contribution in [1.29, 1.82) is 0 Å². The van der Waals surface area contributed by atoms with Gasteiger partial charge in [-0.05, 0) is 29.0 Å². The van der Waals surface area contributed by atoms with Crippen LogP contribution in [-0.4, -0.2) is 36.1 Å². The first-order valence-corrected chi connectivity index (χ1v) is 6.12. The number of halogens is 1. The molecule has 0 unspecified atom stereocenters. The zero-order valence-electron chi connectivity index (χ0n) is 9.68. The van der Waals surface area contributed by atoms with E-state index in [1.807, 2.05) is 6.20 Å². The molecule has 0 fully saturated rings. The lowest BCUT2D eigenvalue weighted by atomic mass is 10.3. The van der Waals surface area contributed by atoms with E-state index in [1.165, 1.54) is 5.69 Å². The molecule has 3 nitrogen and oxygen atoms in total. The van der Waals surface area contributed by atoms with E-state index in [4.69, 9.17) is 0 Å². The molecule has 0 atom stereocenters. The zero-order chi connectivity index (χ0) is 11.3. The monoisotopic (exact) mass is 273 g/mol. The van der Waals surface area contributed by atoms with E-state index in [-0.39, 0.29) is 0 Å². The van der Waals surface area contributed by atoms with Gasteiger partial charge in [-0.3, -0.25) is 4.90 Å². The lowest BCUT2D eigenvalue weighted by Gasteiger charge is -2.17. The van der Waals surface area contributed by atoms with Crippen LogP contribution in [0, 0.1) is 0 Å². The molecule has 0 aromatic carbocycles. The van der Waals surface area contributed by atoms with Gasteiger partial charge in [0.05, 0.1) is 0 Å². The van der Waals surface area contributed by atoms with Crippen molar-refractivity contribution in [3.8, 4) is 0 Å². The molecule has 86 valence electrons. The summed E-state index contributed by atoms with van der Waals surface area (Å²) >= 11 is 3.43. The highest BCUT2D eigenvalue weighted by Crippen LogP contribution is 2.11. The lowest BCUT2D eigenvalue weighted by molar-refractivity contribution is 0.317. The lowest BCUT2D eigenvalue weighted by Crippen LogP contribution is -2.32. The summed E-state index contributed by atoms with van der Waals surface area (Å²) in [6, 6.07) is 2.69. The van der Waals surface area contributed by atoms with Crippen molar-refractivity contribution in [2.45, 2.75) is 26.4 Å². The molecule has 4 heteroatoms. The largest absolute Gasteiger partial charge is 0.363 e. The molecular weight excluding hydrogens is 254 g/mol. The number of rotatable bonds is 6. The smallest absolute Gasteiger partial charge is 0.0382 e. The van der Waals surface area contributed by atoms with Gasteiger partial charge in [0.1, 0.15) is 0 Å². The second kappa shape index (κ2) is 6.30. The molecule has 15 heavy (non-hydrogen) atoms.